The van der Waals surface area contributed by atoms with Gasteiger partial charge in [0.2, 0.25) is 0 Å². The quantitative estimate of drug-likeness (QED) is 0.735. The summed E-state index contributed by atoms with van der Waals surface area (Å²) in [7, 11) is 0. The second-order valence-corrected chi connectivity index (χ2v) is 4.81. The van der Waals surface area contributed by atoms with Gasteiger partial charge >= 0.3 is 12.0 Å². The predicted octanol–water partition coefficient (Wildman–Crippen LogP) is -0.0154. The number of morpholine rings is 1. The molecule has 1 fully saturated rings. The number of aliphatic carboxylic acids is 1. The van der Waals surface area contributed by atoms with Gasteiger partial charge in [0.15, 0.2) is 0 Å². The van der Waals surface area contributed by atoms with Gasteiger partial charge in [-0.05, 0) is 13.8 Å². The van der Waals surface area contributed by atoms with Crippen molar-refractivity contribution in [2.24, 2.45) is 0 Å². The predicted molar refractivity (Wildman–Crippen MR) is 67.9 cm³/mol. The third-order valence-electron chi connectivity index (χ3n) is 3.09. The van der Waals surface area contributed by atoms with Gasteiger partial charge in [-0.3, -0.25) is 4.79 Å². The Balaban J connectivity index is 2.77. The zero-order chi connectivity index (χ0) is 14.4. The summed E-state index contributed by atoms with van der Waals surface area (Å²) < 4.78 is 5.24. The van der Waals surface area contributed by atoms with E-state index >= 15 is 0 Å². The summed E-state index contributed by atoms with van der Waals surface area (Å²) in [6.45, 7) is 4.88. The van der Waals surface area contributed by atoms with Crippen molar-refractivity contribution in [3.63, 3.8) is 0 Å². The number of hydrogen-bond acceptors (Lipinski definition) is 4. The number of carbonyl (C=O) groups is 2. The van der Waals surface area contributed by atoms with Gasteiger partial charge in [-0.25, -0.2) is 4.79 Å². The first-order chi connectivity index (χ1) is 8.97. The molecule has 7 heteroatoms. The molecule has 2 N–H and O–H groups in total. The number of urea groups is 1. The number of aliphatic hydroxyl groups is 1. The molecule has 2 amide bonds. The van der Waals surface area contributed by atoms with Crippen LogP contribution in [0, 0.1) is 0 Å². The monoisotopic (exact) mass is 274 g/mol. The van der Waals surface area contributed by atoms with Gasteiger partial charge < -0.3 is 24.7 Å². The first-order valence-corrected chi connectivity index (χ1v) is 6.45. The van der Waals surface area contributed by atoms with Crippen molar-refractivity contribution in [1.29, 1.82) is 0 Å². The highest BCUT2D eigenvalue weighted by atomic mass is 16.5. The topological polar surface area (TPSA) is 90.3 Å². The van der Waals surface area contributed by atoms with E-state index in [0.717, 1.165) is 0 Å². The fourth-order valence-electron chi connectivity index (χ4n) is 2.12. The molecule has 7 nitrogen and oxygen atoms in total. The standard InChI is InChI=1S/C12H22N2O5/c1-9(2)13(3-5-15)12(18)14-4-6-19-8-10(14)7-11(16)17/h9-10,15H,3-8H2,1-2H3,(H,16,17). The molecule has 1 aliphatic heterocycles. The highest BCUT2D eigenvalue weighted by Crippen LogP contribution is 2.15. The van der Waals surface area contributed by atoms with Crippen molar-refractivity contribution < 1.29 is 24.5 Å². The van der Waals surface area contributed by atoms with E-state index in [1.54, 1.807) is 4.90 Å². The van der Waals surface area contributed by atoms with E-state index < -0.39 is 12.0 Å². The number of nitrogens with zero attached hydrogens (tertiary/aromatic N) is 2. The van der Waals surface area contributed by atoms with Crippen LogP contribution >= 0.6 is 0 Å². The molecule has 0 aromatic carbocycles. The van der Waals surface area contributed by atoms with Crippen molar-refractivity contribution in [1.82, 2.24) is 9.80 Å². The number of hydrogen-bond donors (Lipinski definition) is 2. The highest BCUT2D eigenvalue weighted by molar-refractivity contribution is 5.76. The normalized spacial score (nSPS) is 19.6. The molecular weight excluding hydrogens is 252 g/mol. The maximum Gasteiger partial charge on any atom is 0.320 e. The third kappa shape index (κ3) is 4.36. The van der Waals surface area contributed by atoms with Crippen LogP contribution in [0.25, 0.3) is 0 Å². The maximum atomic E-state index is 12.4. The summed E-state index contributed by atoms with van der Waals surface area (Å²) >= 11 is 0. The van der Waals surface area contributed by atoms with Gasteiger partial charge in [0.25, 0.3) is 0 Å². The van der Waals surface area contributed by atoms with Gasteiger partial charge in [-0.2, -0.15) is 0 Å². The average Bonchev–Trinajstić information content (AvgIpc) is 2.34. The van der Waals surface area contributed by atoms with Gasteiger partial charge in [-0.15, -0.1) is 0 Å². The van der Waals surface area contributed by atoms with Crippen molar-refractivity contribution in [3.8, 4) is 0 Å². The summed E-state index contributed by atoms with van der Waals surface area (Å²) in [4.78, 5) is 26.3. The van der Waals surface area contributed by atoms with Crippen molar-refractivity contribution in [3.05, 3.63) is 0 Å². The lowest BCUT2D eigenvalue weighted by atomic mass is 10.1. The number of carboxylic acids is 1. The molecule has 0 aliphatic carbocycles. The second-order valence-electron chi connectivity index (χ2n) is 4.81. The molecule has 1 aliphatic rings. The molecule has 1 saturated heterocycles. The molecule has 0 bridgehead atoms. The smallest absolute Gasteiger partial charge is 0.320 e. The molecule has 1 rings (SSSR count). The minimum absolute atomic E-state index is 0.0482. The Hall–Kier alpha value is -1.34. The lowest BCUT2D eigenvalue weighted by molar-refractivity contribution is -0.139. The first-order valence-electron chi connectivity index (χ1n) is 6.45. The Morgan fingerprint density at radius 3 is 2.68 bits per heavy atom. The van der Waals surface area contributed by atoms with E-state index in [1.807, 2.05) is 13.8 Å². The van der Waals surface area contributed by atoms with Crippen LogP contribution < -0.4 is 0 Å². The van der Waals surface area contributed by atoms with Gasteiger partial charge in [-0.1, -0.05) is 0 Å². The largest absolute Gasteiger partial charge is 0.481 e. The van der Waals surface area contributed by atoms with Crippen molar-refractivity contribution in [2.75, 3.05) is 32.9 Å². The van der Waals surface area contributed by atoms with Crippen LogP contribution in [0.1, 0.15) is 20.3 Å². The molecule has 0 radical (unpaired) electrons. The maximum absolute atomic E-state index is 12.4. The van der Waals surface area contributed by atoms with Crippen LogP contribution in [0.2, 0.25) is 0 Å². The van der Waals surface area contributed by atoms with E-state index in [9.17, 15) is 9.59 Å². The fourth-order valence-corrected chi connectivity index (χ4v) is 2.12. The van der Waals surface area contributed by atoms with Gasteiger partial charge in [0.05, 0.1) is 32.3 Å². The van der Waals surface area contributed by atoms with Crippen molar-refractivity contribution >= 4 is 12.0 Å². The minimum Gasteiger partial charge on any atom is -0.481 e. The van der Waals surface area contributed by atoms with E-state index in [1.165, 1.54) is 4.90 Å². The summed E-state index contributed by atoms with van der Waals surface area (Å²) in [5.74, 6) is -0.952. The summed E-state index contributed by atoms with van der Waals surface area (Å²) in [5.41, 5.74) is 0. The van der Waals surface area contributed by atoms with Crippen LogP contribution in [0.3, 0.4) is 0 Å². The van der Waals surface area contributed by atoms with Crippen LogP contribution in [0.5, 0.6) is 0 Å². The Bertz CT molecular complexity index is 321. The molecule has 1 unspecified atom stereocenters. The number of aliphatic hydroxyl groups excluding tert-OH is 1. The van der Waals surface area contributed by atoms with Gasteiger partial charge in [0.1, 0.15) is 0 Å². The van der Waals surface area contributed by atoms with E-state index in [2.05, 4.69) is 0 Å². The number of ether oxygens (including phenoxy) is 1. The number of carbonyl (C=O) groups excluding carboxylic acids is 1. The number of amides is 2. The molecule has 0 saturated carbocycles. The lowest BCUT2D eigenvalue weighted by Crippen LogP contribution is -2.56. The molecule has 19 heavy (non-hydrogen) atoms. The molecule has 1 atom stereocenters. The SMILES string of the molecule is CC(C)N(CCO)C(=O)N1CCOCC1CC(=O)O. The molecule has 0 aromatic heterocycles. The Kier molecular flexibility index (Phi) is 6.04. The second kappa shape index (κ2) is 7.30. The van der Waals surface area contributed by atoms with Crippen LogP contribution in [0.15, 0.2) is 0 Å². The number of carboxylic acid groups (broad SMARTS) is 1. The van der Waals surface area contributed by atoms with Gasteiger partial charge in [0, 0.05) is 19.1 Å². The first kappa shape index (κ1) is 15.7. The minimum atomic E-state index is -0.952. The summed E-state index contributed by atoms with van der Waals surface area (Å²) in [6.07, 6.45) is -0.128. The fraction of sp³-hybridized carbons (Fsp3) is 0.833. The van der Waals surface area contributed by atoms with Crippen molar-refractivity contribution in [2.45, 2.75) is 32.4 Å². The van der Waals surface area contributed by atoms with E-state index in [-0.39, 0.29) is 38.3 Å². The molecule has 110 valence electrons. The van der Waals surface area contributed by atoms with Crippen LogP contribution in [-0.4, -0.2) is 77.0 Å². The van der Waals surface area contributed by atoms with E-state index in [4.69, 9.17) is 14.9 Å². The Morgan fingerprint density at radius 1 is 1.47 bits per heavy atom. The Labute approximate surface area is 112 Å². The molecule has 0 spiro atoms. The Morgan fingerprint density at radius 2 is 2.16 bits per heavy atom. The molecule has 0 aromatic rings. The highest BCUT2D eigenvalue weighted by Gasteiger charge is 2.32. The molecule has 1 heterocycles. The zero-order valence-corrected chi connectivity index (χ0v) is 11.4. The summed E-state index contributed by atoms with van der Waals surface area (Å²) in [5, 5.41) is 17.9. The van der Waals surface area contributed by atoms with E-state index in [0.29, 0.717) is 13.2 Å². The lowest BCUT2D eigenvalue weighted by Gasteiger charge is -2.39. The summed E-state index contributed by atoms with van der Waals surface area (Å²) in [6, 6.07) is -0.731. The zero-order valence-electron chi connectivity index (χ0n) is 11.4. The van der Waals surface area contributed by atoms with Crippen LogP contribution in [0.4, 0.5) is 4.79 Å². The third-order valence-corrected chi connectivity index (χ3v) is 3.09. The van der Waals surface area contributed by atoms with Crippen LogP contribution in [-0.2, 0) is 9.53 Å². The molecular formula is C12H22N2O5. The number of rotatable bonds is 5. The average molecular weight is 274 g/mol.